The maximum atomic E-state index is 12.5. The zero-order valence-corrected chi connectivity index (χ0v) is 12.2. The van der Waals surface area contributed by atoms with Crippen molar-refractivity contribution >= 4 is 23.4 Å². The van der Waals surface area contributed by atoms with E-state index in [9.17, 15) is 18.0 Å². The van der Waals surface area contributed by atoms with E-state index in [1.165, 1.54) is 6.07 Å². The summed E-state index contributed by atoms with van der Waals surface area (Å²) >= 11 is 1.05. The van der Waals surface area contributed by atoms with Crippen LogP contribution in [0.25, 0.3) is 0 Å². The van der Waals surface area contributed by atoms with Gasteiger partial charge in [-0.15, -0.1) is 11.8 Å². The highest BCUT2D eigenvalue weighted by atomic mass is 32.2. The van der Waals surface area contributed by atoms with Crippen molar-refractivity contribution in [3.63, 3.8) is 0 Å². The van der Waals surface area contributed by atoms with Gasteiger partial charge in [0, 0.05) is 10.6 Å². The highest BCUT2D eigenvalue weighted by Gasteiger charge is 2.30. The molecule has 1 aromatic rings. The number of benzene rings is 1. The van der Waals surface area contributed by atoms with Crippen LogP contribution in [0.2, 0.25) is 0 Å². The number of halogens is 3. The van der Waals surface area contributed by atoms with Gasteiger partial charge in [0.05, 0.1) is 11.3 Å². The third-order valence-corrected chi connectivity index (χ3v) is 3.17. The van der Waals surface area contributed by atoms with Crippen LogP contribution in [0.1, 0.15) is 26.3 Å². The van der Waals surface area contributed by atoms with Gasteiger partial charge in [-0.1, -0.05) is 0 Å². The Morgan fingerprint density at radius 2 is 1.90 bits per heavy atom. The Morgan fingerprint density at radius 1 is 1.30 bits per heavy atom. The van der Waals surface area contributed by atoms with E-state index < -0.39 is 23.3 Å². The second-order valence-electron chi connectivity index (χ2n) is 5.13. The molecule has 0 aromatic heterocycles. The van der Waals surface area contributed by atoms with Gasteiger partial charge in [0.25, 0.3) is 0 Å². The van der Waals surface area contributed by atoms with Gasteiger partial charge in [0.15, 0.2) is 0 Å². The van der Waals surface area contributed by atoms with Gasteiger partial charge in [0.1, 0.15) is 5.60 Å². The first-order valence-corrected chi connectivity index (χ1v) is 6.79. The molecule has 0 saturated heterocycles. The van der Waals surface area contributed by atoms with Crippen molar-refractivity contribution in [1.29, 1.82) is 0 Å². The Kier molecular flexibility index (Phi) is 4.96. The number of esters is 1. The largest absolute Gasteiger partial charge is 0.459 e. The molecule has 0 saturated carbocycles. The third kappa shape index (κ3) is 5.32. The minimum absolute atomic E-state index is 0.00613. The number of rotatable bonds is 3. The average Bonchev–Trinajstić information content (AvgIpc) is 2.23. The number of hydrogen-bond acceptors (Lipinski definition) is 4. The van der Waals surface area contributed by atoms with Gasteiger partial charge in [-0.2, -0.15) is 13.2 Å². The normalized spacial score (nSPS) is 12.3. The number of carbonyl (C=O) groups is 1. The second-order valence-corrected chi connectivity index (χ2v) is 6.14. The van der Waals surface area contributed by atoms with Crippen molar-refractivity contribution in [1.82, 2.24) is 0 Å². The minimum Gasteiger partial charge on any atom is -0.459 e. The molecule has 0 aliphatic carbocycles. The molecule has 0 aliphatic heterocycles. The van der Waals surface area contributed by atoms with E-state index in [0.29, 0.717) is 4.90 Å². The molecule has 1 rings (SSSR count). The highest BCUT2D eigenvalue weighted by molar-refractivity contribution is 8.00. The van der Waals surface area contributed by atoms with Crippen LogP contribution < -0.4 is 5.73 Å². The lowest BCUT2D eigenvalue weighted by molar-refractivity contribution is -0.151. The fourth-order valence-electron chi connectivity index (χ4n) is 1.36. The molecular formula is C13H16F3NO2S. The Bertz CT molecular complexity index is 495. The molecule has 0 heterocycles. The summed E-state index contributed by atoms with van der Waals surface area (Å²) in [6, 6.07) is 3.05. The van der Waals surface area contributed by atoms with E-state index in [1.54, 1.807) is 20.8 Å². The molecule has 0 bridgehead atoms. The quantitative estimate of drug-likeness (QED) is 0.525. The van der Waals surface area contributed by atoms with E-state index in [4.69, 9.17) is 10.5 Å². The number of thioether (sulfide) groups is 1. The van der Waals surface area contributed by atoms with Crippen LogP contribution in [0.15, 0.2) is 23.1 Å². The van der Waals surface area contributed by atoms with Crippen LogP contribution in [-0.4, -0.2) is 17.3 Å². The Labute approximate surface area is 119 Å². The zero-order chi connectivity index (χ0) is 15.6. The van der Waals surface area contributed by atoms with Crippen LogP contribution in [0.4, 0.5) is 18.9 Å². The molecule has 112 valence electrons. The number of ether oxygens (including phenoxy) is 1. The third-order valence-electron chi connectivity index (χ3n) is 2.10. The minimum atomic E-state index is -4.43. The van der Waals surface area contributed by atoms with Crippen molar-refractivity contribution < 1.29 is 22.7 Å². The molecule has 20 heavy (non-hydrogen) atoms. The van der Waals surface area contributed by atoms with Crippen LogP contribution in [0.5, 0.6) is 0 Å². The van der Waals surface area contributed by atoms with Gasteiger partial charge in [-0.25, -0.2) is 0 Å². The summed E-state index contributed by atoms with van der Waals surface area (Å²) < 4.78 is 42.5. The molecule has 0 spiro atoms. The van der Waals surface area contributed by atoms with Gasteiger partial charge >= 0.3 is 12.1 Å². The lowest BCUT2D eigenvalue weighted by Crippen LogP contribution is -2.24. The van der Waals surface area contributed by atoms with Crippen molar-refractivity contribution in [3.05, 3.63) is 23.8 Å². The highest BCUT2D eigenvalue weighted by Crippen LogP contribution is 2.34. The molecule has 0 radical (unpaired) electrons. The van der Waals surface area contributed by atoms with Crippen LogP contribution >= 0.6 is 11.8 Å². The number of hydrogen-bond donors (Lipinski definition) is 1. The van der Waals surface area contributed by atoms with Gasteiger partial charge in [-0.05, 0) is 39.0 Å². The summed E-state index contributed by atoms with van der Waals surface area (Å²) in [6.45, 7) is 5.21. The monoisotopic (exact) mass is 307 g/mol. The van der Waals surface area contributed by atoms with Gasteiger partial charge < -0.3 is 10.5 Å². The summed E-state index contributed by atoms with van der Waals surface area (Å²) in [4.78, 5) is 11.9. The predicted octanol–water partition coefficient (Wildman–Crippen LogP) is 3.72. The molecule has 7 heteroatoms. The maximum absolute atomic E-state index is 12.5. The van der Waals surface area contributed by atoms with Crippen molar-refractivity contribution in [2.24, 2.45) is 0 Å². The first-order chi connectivity index (χ1) is 8.99. The Balaban J connectivity index is 2.68. The Hall–Kier alpha value is -1.37. The van der Waals surface area contributed by atoms with Crippen LogP contribution in [0, 0.1) is 0 Å². The van der Waals surface area contributed by atoms with E-state index in [1.807, 2.05) is 0 Å². The summed E-state index contributed by atoms with van der Waals surface area (Å²) in [5.41, 5.74) is 4.15. The summed E-state index contributed by atoms with van der Waals surface area (Å²) in [7, 11) is 0. The summed E-state index contributed by atoms with van der Waals surface area (Å²) in [6.07, 6.45) is -4.43. The van der Waals surface area contributed by atoms with E-state index in [-0.39, 0.29) is 11.4 Å². The lowest BCUT2D eigenvalue weighted by Gasteiger charge is -2.19. The molecule has 0 fully saturated rings. The SMILES string of the molecule is CC(C)(C)OC(=O)CSc1ccc(C(F)(F)F)cc1N. The van der Waals surface area contributed by atoms with Crippen LogP contribution in [0.3, 0.4) is 0 Å². The molecule has 0 amide bonds. The molecule has 3 nitrogen and oxygen atoms in total. The average molecular weight is 307 g/mol. The van der Waals surface area contributed by atoms with Gasteiger partial charge in [-0.3, -0.25) is 4.79 Å². The van der Waals surface area contributed by atoms with Crippen molar-refractivity contribution in [2.75, 3.05) is 11.5 Å². The van der Waals surface area contributed by atoms with Crippen molar-refractivity contribution in [3.8, 4) is 0 Å². The molecular weight excluding hydrogens is 291 g/mol. The standard InChI is InChI=1S/C13H16F3NO2S/c1-12(2,3)19-11(18)7-20-10-5-4-8(6-9(10)17)13(14,15)16/h4-6H,7,17H2,1-3H3. The number of carbonyl (C=O) groups excluding carboxylic acids is 1. The summed E-state index contributed by atoms with van der Waals surface area (Å²) in [5.74, 6) is -0.450. The molecule has 1 aromatic carbocycles. The maximum Gasteiger partial charge on any atom is 0.416 e. The topological polar surface area (TPSA) is 52.3 Å². The van der Waals surface area contributed by atoms with E-state index >= 15 is 0 Å². The second kappa shape index (κ2) is 5.95. The first kappa shape index (κ1) is 16.7. The lowest BCUT2D eigenvalue weighted by atomic mass is 10.2. The first-order valence-electron chi connectivity index (χ1n) is 5.80. The molecule has 0 atom stereocenters. The van der Waals surface area contributed by atoms with E-state index in [0.717, 1.165) is 23.9 Å². The van der Waals surface area contributed by atoms with Gasteiger partial charge in [0.2, 0.25) is 0 Å². The number of nitrogen functional groups attached to an aromatic ring is 1. The number of alkyl halides is 3. The molecule has 0 aliphatic rings. The number of nitrogens with two attached hydrogens (primary N) is 1. The van der Waals surface area contributed by atoms with E-state index in [2.05, 4.69) is 0 Å². The predicted molar refractivity (Wildman–Crippen MR) is 72.4 cm³/mol. The number of anilines is 1. The van der Waals surface area contributed by atoms with Crippen molar-refractivity contribution in [2.45, 2.75) is 37.4 Å². The molecule has 0 unspecified atom stereocenters. The molecule has 2 N–H and O–H groups in total. The smallest absolute Gasteiger partial charge is 0.416 e. The fourth-order valence-corrected chi connectivity index (χ4v) is 2.09. The zero-order valence-electron chi connectivity index (χ0n) is 11.4. The Morgan fingerprint density at radius 3 is 2.35 bits per heavy atom. The fraction of sp³-hybridized carbons (Fsp3) is 0.462. The van der Waals surface area contributed by atoms with Crippen LogP contribution in [-0.2, 0) is 15.7 Å². The summed E-state index contributed by atoms with van der Waals surface area (Å²) in [5, 5.41) is 0.